The molecule has 1 radical (unpaired) electrons. The molecule has 1 fully saturated rings. The van der Waals surface area contributed by atoms with Gasteiger partial charge in [0.1, 0.15) is 0 Å². The Hall–Kier alpha value is -0.610. The Morgan fingerprint density at radius 3 is 2.60 bits per heavy atom. The average Bonchev–Trinajstić information content (AvgIpc) is 2.74. The standard InChI is InChI=1S/C14H16P/c1-2-6-11(7-3-1)14-10-12-8-4-5-9-13(12)15-14/h4-5,8-11H,1-3,6-7H2. The fourth-order valence-corrected chi connectivity index (χ4v) is 4.00. The van der Waals surface area contributed by atoms with Crippen LogP contribution in [0.25, 0.3) is 6.08 Å². The van der Waals surface area contributed by atoms with E-state index in [1.54, 1.807) is 5.31 Å². The van der Waals surface area contributed by atoms with Crippen molar-refractivity contribution in [1.29, 1.82) is 0 Å². The molecule has 0 saturated heterocycles. The van der Waals surface area contributed by atoms with Gasteiger partial charge in [0.25, 0.3) is 0 Å². The lowest BCUT2D eigenvalue weighted by atomic mass is 9.88. The third-order valence-electron chi connectivity index (χ3n) is 3.51. The maximum atomic E-state index is 2.44. The van der Waals surface area contributed by atoms with Gasteiger partial charge in [0.2, 0.25) is 0 Å². The van der Waals surface area contributed by atoms with Crippen LogP contribution in [0.3, 0.4) is 0 Å². The summed E-state index contributed by atoms with van der Waals surface area (Å²) in [5.74, 6) is 0.882. The van der Waals surface area contributed by atoms with Gasteiger partial charge in [0.15, 0.2) is 0 Å². The molecule has 15 heavy (non-hydrogen) atoms. The van der Waals surface area contributed by atoms with Gasteiger partial charge in [-0.15, -0.1) is 0 Å². The fourth-order valence-electron chi connectivity index (χ4n) is 2.65. The van der Waals surface area contributed by atoms with Crippen molar-refractivity contribution in [3.05, 3.63) is 35.1 Å². The second-order valence-electron chi connectivity index (χ2n) is 4.57. The van der Waals surface area contributed by atoms with Crippen LogP contribution >= 0.6 is 8.58 Å². The first-order chi connectivity index (χ1) is 7.43. The normalized spacial score (nSPS) is 22.8. The summed E-state index contributed by atoms with van der Waals surface area (Å²) < 4.78 is 0. The molecule has 0 nitrogen and oxygen atoms in total. The van der Waals surface area contributed by atoms with Gasteiger partial charge in [0.05, 0.1) is 0 Å². The van der Waals surface area contributed by atoms with E-state index in [0.29, 0.717) is 0 Å². The second-order valence-corrected chi connectivity index (χ2v) is 5.80. The molecule has 0 aromatic heterocycles. The van der Waals surface area contributed by atoms with Crippen molar-refractivity contribution in [3.8, 4) is 0 Å². The van der Waals surface area contributed by atoms with Crippen molar-refractivity contribution in [2.24, 2.45) is 5.92 Å². The lowest BCUT2D eigenvalue weighted by Crippen LogP contribution is -2.06. The summed E-state index contributed by atoms with van der Waals surface area (Å²) in [5.41, 5.74) is 1.46. The number of benzene rings is 1. The van der Waals surface area contributed by atoms with Gasteiger partial charge >= 0.3 is 0 Å². The molecule has 1 aliphatic heterocycles. The zero-order valence-electron chi connectivity index (χ0n) is 8.95. The molecule has 77 valence electrons. The minimum absolute atomic E-state index is 0.882. The number of hydrogen-bond donors (Lipinski definition) is 0. The Morgan fingerprint density at radius 2 is 1.80 bits per heavy atom. The smallest absolute Gasteiger partial charge is 0.00768 e. The van der Waals surface area contributed by atoms with Crippen LogP contribution in [0.15, 0.2) is 29.6 Å². The van der Waals surface area contributed by atoms with Crippen molar-refractivity contribution in [1.82, 2.24) is 0 Å². The van der Waals surface area contributed by atoms with Gasteiger partial charge in [-0.05, 0) is 49.6 Å². The highest BCUT2D eigenvalue weighted by molar-refractivity contribution is 7.53. The summed E-state index contributed by atoms with van der Waals surface area (Å²) in [6.07, 6.45) is 9.61. The molecular formula is C14H16P. The molecule has 1 aromatic carbocycles. The second kappa shape index (κ2) is 4.10. The van der Waals surface area contributed by atoms with Crippen LogP contribution in [0, 0.1) is 5.92 Å². The maximum Gasteiger partial charge on any atom is -0.00768 e. The van der Waals surface area contributed by atoms with E-state index in [1.165, 1.54) is 51.6 Å². The van der Waals surface area contributed by atoms with Gasteiger partial charge < -0.3 is 0 Å². The predicted octanol–water partition coefficient (Wildman–Crippen LogP) is 4.19. The maximum absolute atomic E-state index is 2.44. The van der Waals surface area contributed by atoms with Crippen LogP contribution in [-0.2, 0) is 0 Å². The largest absolute Gasteiger partial charge is 0.0616 e. The summed E-state index contributed by atoms with van der Waals surface area (Å²) >= 11 is 0. The first kappa shape index (κ1) is 9.60. The highest BCUT2D eigenvalue weighted by atomic mass is 31.1. The fraction of sp³-hybridized carbons (Fsp3) is 0.429. The van der Waals surface area contributed by atoms with Crippen molar-refractivity contribution < 1.29 is 0 Å². The highest BCUT2D eigenvalue weighted by Crippen LogP contribution is 2.43. The lowest BCUT2D eigenvalue weighted by molar-refractivity contribution is 0.416. The Kier molecular flexibility index (Phi) is 2.63. The van der Waals surface area contributed by atoms with E-state index in [9.17, 15) is 0 Å². The van der Waals surface area contributed by atoms with Crippen molar-refractivity contribution in [3.63, 3.8) is 0 Å². The highest BCUT2D eigenvalue weighted by Gasteiger charge is 2.22. The van der Waals surface area contributed by atoms with E-state index in [4.69, 9.17) is 0 Å². The van der Waals surface area contributed by atoms with E-state index >= 15 is 0 Å². The predicted molar refractivity (Wildman–Crippen MR) is 67.5 cm³/mol. The molecule has 1 heteroatoms. The van der Waals surface area contributed by atoms with Crippen LogP contribution in [0.5, 0.6) is 0 Å². The molecule has 1 heterocycles. The summed E-state index contributed by atoms with van der Waals surface area (Å²) in [5, 5.41) is 3.19. The zero-order valence-corrected chi connectivity index (χ0v) is 9.84. The molecule has 2 aliphatic rings. The summed E-state index contributed by atoms with van der Waals surface area (Å²) in [6.45, 7) is 0. The van der Waals surface area contributed by atoms with E-state index in [-0.39, 0.29) is 0 Å². The monoisotopic (exact) mass is 215 g/mol. The van der Waals surface area contributed by atoms with Crippen LogP contribution in [-0.4, -0.2) is 0 Å². The molecule has 0 amide bonds. The van der Waals surface area contributed by atoms with Gasteiger partial charge in [-0.25, -0.2) is 0 Å². The van der Waals surface area contributed by atoms with Crippen molar-refractivity contribution >= 4 is 20.0 Å². The molecule has 0 unspecified atom stereocenters. The van der Waals surface area contributed by atoms with Gasteiger partial charge in [-0.3, -0.25) is 0 Å². The van der Waals surface area contributed by atoms with E-state index < -0.39 is 0 Å². The quantitative estimate of drug-likeness (QED) is 0.616. The minimum Gasteiger partial charge on any atom is -0.0616 e. The van der Waals surface area contributed by atoms with Gasteiger partial charge in [-0.1, -0.05) is 43.5 Å². The first-order valence-electron chi connectivity index (χ1n) is 5.96. The molecule has 1 aliphatic carbocycles. The van der Waals surface area contributed by atoms with Crippen LogP contribution in [0.2, 0.25) is 0 Å². The third-order valence-corrected chi connectivity index (χ3v) is 4.91. The minimum atomic E-state index is 0.882. The van der Waals surface area contributed by atoms with Crippen molar-refractivity contribution in [2.75, 3.05) is 0 Å². The zero-order chi connectivity index (χ0) is 10.1. The van der Waals surface area contributed by atoms with E-state index in [2.05, 4.69) is 30.3 Å². The average molecular weight is 215 g/mol. The molecule has 1 saturated carbocycles. The number of allylic oxidation sites excluding steroid dienone is 1. The Bertz CT molecular complexity index is 386. The van der Waals surface area contributed by atoms with Crippen LogP contribution < -0.4 is 5.30 Å². The molecule has 1 aromatic rings. The van der Waals surface area contributed by atoms with E-state index in [0.717, 1.165) is 5.92 Å². The molecule has 0 N–H and O–H groups in total. The molecule has 3 rings (SSSR count). The molecule has 0 spiro atoms. The number of fused-ring (bicyclic) bond motifs is 1. The summed E-state index contributed by atoms with van der Waals surface area (Å²) in [6, 6.07) is 8.82. The Balaban J connectivity index is 1.81. The molecular weight excluding hydrogens is 199 g/mol. The van der Waals surface area contributed by atoms with Crippen LogP contribution in [0.1, 0.15) is 37.7 Å². The summed E-state index contributed by atoms with van der Waals surface area (Å²) in [4.78, 5) is 0. The SMILES string of the molecule is C1=C(C2CCCCC2)[P]c2ccccc21. The third kappa shape index (κ3) is 1.88. The number of hydrogen-bond acceptors (Lipinski definition) is 0. The Morgan fingerprint density at radius 1 is 1.00 bits per heavy atom. The summed E-state index contributed by atoms with van der Waals surface area (Å²) in [7, 11) is 1.48. The van der Waals surface area contributed by atoms with Crippen molar-refractivity contribution in [2.45, 2.75) is 32.1 Å². The van der Waals surface area contributed by atoms with Gasteiger partial charge in [0, 0.05) is 0 Å². The van der Waals surface area contributed by atoms with Crippen LogP contribution in [0.4, 0.5) is 0 Å². The molecule has 0 bridgehead atoms. The molecule has 0 atom stereocenters. The van der Waals surface area contributed by atoms with E-state index in [1.807, 2.05) is 0 Å². The number of rotatable bonds is 1. The Labute approximate surface area is 93.6 Å². The lowest BCUT2D eigenvalue weighted by Gasteiger charge is -2.22. The van der Waals surface area contributed by atoms with Gasteiger partial charge in [-0.2, -0.15) is 0 Å². The topological polar surface area (TPSA) is 0 Å². The first-order valence-corrected chi connectivity index (χ1v) is 6.85.